The van der Waals surface area contributed by atoms with Crippen LogP contribution in [0, 0.1) is 5.41 Å². The van der Waals surface area contributed by atoms with Gasteiger partial charge in [0.2, 0.25) is 0 Å². The standard InChI is InChI=1S/C20H21NO3/c1-20(10-11-20)12-13-21-18(22)16-8-4-2-6-14(16)15-7-3-5-9-17(15)19(23)24/h2-9H,10-13H2,1H3,(H,21,22)(H,23,24). The lowest BCUT2D eigenvalue weighted by Crippen LogP contribution is -2.26. The third-order valence-electron chi connectivity index (χ3n) is 4.74. The highest BCUT2D eigenvalue weighted by atomic mass is 16.4. The molecule has 1 aliphatic rings. The van der Waals surface area contributed by atoms with E-state index in [1.165, 1.54) is 12.8 Å². The molecule has 1 amide bonds. The molecule has 0 radical (unpaired) electrons. The number of benzene rings is 2. The lowest BCUT2D eigenvalue weighted by Gasteiger charge is -2.13. The molecule has 124 valence electrons. The van der Waals surface area contributed by atoms with Crippen molar-refractivity contribution in [2.45, 2.75) is 26.2 Å². The summed E-state index contributed by atoms with van der Waals surface area (Å²) in [5.41, 5.74) is 2.30. The smallest absolute Gasteiger partial charge is 0.336 e. The van der Waals surface area contributed by atoms with Gasteiger partial charge in [-0.15, -0.1) is 0 Å². The van der Waals surface area contributed by atoms with Crippen LogP contribution in [0.15, 0.2) is 48.5 Å². The second-order valence-corrected chi connectivity index (χ2v) is 6.71. The van der Waals surface area contributed by atoms with Gasteiger partial charge in [0.1, 0.15) is 0 Å². The van der Waals surface area contributed by atoms with E-state index in [0.29, 0.717) is 28.7 Å². The number of carbonyl (C=O) groups excluding carboxylic acids is 1. The number of aromatic carboxylic acids is 1. The summed E-state index contributed by atoms with van der Waals surface area (Å²) in [5, 5.41) is 12.4. The average molecular weight is 323 g/mol. The van der Waals surface area contributed by atoms with Gasteiger partial charge >= 0.3 is 5.97 Å². The van der Waals surface area contributed by atoms with Crippen molar-refractivity contribution in [3.63, 3.8) is 0 Å². The molecule has 2 aromatic carbocycles. The van der Waals surface area contributed by atoms with Gasteiger partial charge in [-0.2, -0.15) is 0 Å². The molecule has 4 heteroatoms. The molecule has 2 N–H and O–H groups in total. The maximum Gasteiger partial charge on any atom is 0.336 e. The van der Waals surface area contributed by atoms with Crippen LogP contribution in [-0.4, -0.2) is 23.5 Å². The summed E-state index contributed by atoms with van der Waals surface area (Å²) < 4.78 is 0. The van der Waals surface area contributed by atoms with E-state index in [2.05, 4.69) is 12.2 Å². The summed E-state index contributed by atoms with van der Waals surface area (Å²) in [4.78, 5) is 24.0. The van der Waals surface area contributed by atoms with Gasteiger partial charge in [0.05, 0.1) is 5.56 Å². The van der Waals surface area contributed by atoms with E-state index in [9.17, 15) is 14.7 Å². The highest BCUT2D eigenvalue weighted by Crippen LogP contribution is 2.47. The fourth-order valence-corrected chi connectivity index (χ4v) is 2.86. The van der Waals surface area contributed by atoms with Crippen molar-refractivity contribution in [3.8, 4) is 11.1 Å². The van der Waals surface area contributed by atoms with Crippen LogP contribution in [-0.2, 0) is 0 Å². The summed E-state index contributed by atoms with van der Waals surface area (Å²) in [6.07, 6.45) is 3.43. The second kappa shape index (κ2) is 6.48. The van der Waals surface area contributed by atoms with E-state index in [1.807, 2.05) is 6.07 Å². The van der Waals surface area contributed by atoms with Crippen LogP contribution >= 0.6 is 0 Å². The number of nitrogens with one attached hydrogen (secondary N) is 1. The topological polar surface area (TPSA) is 66.4 Å². The van der Waals surface area contributed by atoms with Crippen molar-refractivity contribution < 1.29 is 14.7 Å². The van der Waals surface area contributed by atoms with E-state index in [1.54, 1.807) is 42.5 Å². The first-order chi connectivity index (χ1) is 11.5. The Balaban J connectivity index is 1.85. The van der Waals surface area contributed by atoms with Gasteiger partial charge in [-0.05, 0) is 47.9 Å². The molecule has 2 aromatic rings. The van der Waals surface area contributed by atoms with Crippen molar-refractivity contribution in [2.24, 2.45) is 5.41 Å². The van der Waals surface area contributed by atoms with E-state index in [4.69, 9.17) is 0 Å². The Bertz CT molecular complexity index is 778. The largest absolute Gasteiger partial charge is 0.478 e. The third-order valence-corrected chi connectivity index (χ3v) is 4.74. The van der Waals surface area contributed by atoms with Crippen molar-refractivity contribution in [2.75, 3.05) is 6.54 Å². The van der Waals surface area contributed by atoms with E-state index in [0.717, 1.165) is 6.42 Å². The van der Waals surface area contributed by atoms with Gasteiger partial charge in [0.25, 0.3) is 5.91 Å². The van der Waals surface area contributed by atoms with Crippen LogP contribution in [0.4, 0.5) is 0 Å². The normalized spacial score (nSPS) is 14.9. The number of carboxylic acids is 1. The molecular weight excluding hydrogens is 302 g/mol. The molecule has 3 rings (SSSR count). The van der Waals surface area contributed by atoms with Crippen LogP contribution in [0.25, 0.3) is 11.1 Å². The number of carboxylic acid groups (broad SMARTS) is 1. The molecule has 0 unspecified atom stereocenters. The molecule has 0 heterocycles. The van der Waals surface area contributed by atoms with Crippen LogP contribution < -0.4 is 5.32 Å². The summed E-state index contributed by atoms with van der Waals surface area (Å²) in [5.74, 6) is -1.16. The molecule has 0 bridgehead atoms. The first-order valence-electron chi connectivity index (χ1n) is 8.20. The third kappa shape index (κ3) is 3.48. The lowest BCUT2D eigenvalue weighted by atomic mass is 9.95. The molecular formula is C20H21NO3. The fourth-order valence-electron chi connectivity index (χ4n) is 2.86. The summed E-state index contributed by atoms with van der Waals surface area (Å²) in [7, 11) is 0. The van der Waals surface area contributed by atoms with Crippen LogP contribution in [0.1, 0.15) is 46.9 Å². The number of rotatable bonds is 6. The second-order valence-electron chi connectivity index (χ2n) is 6.71. The number of carbonyl (C=O) groups is 2. The predicted molar refractivity (Wildman–Crippen MR) is 93.1 cm³/mol. The van der Waals surface area contributed by atoms with Crippen molar-refractivity contribution in [3.05, 3.63) is 59.7 Å². The SMILES string of the molecule is CC1(CCNC(=O)c2ccccc2-c2ccccc2C(=O)O)CC1. The molecule has 0 saturated heterocycles. The molecule has 1 saturated carbocycles. The number of hydrogen-bond acceptors (Lipinski definition) is 2. The minimum Gasteiger partial charge on any atom is -0.478 e. The highest BCUT2D eigenvalue weighted by molar-refractivity contribution is 6.04. The van der Waals surface area contributed by atoms with E-state index >= 15 is 0 Å². The Morgan fingerprint density at radius 3 is 2.12 bits per heavy atom. The average Bonchev–Trinajstić information content (AvgIpc) is 3.32. The Hall–Kier alpha value is -2.62. The summed E-state index contributed by atoms with van der Waals surface area (Å²) in [6.45, 7) is 2.88. The maximum absolute atomic E-state index is 12.6. The predicted octanol–water partition coefficient (Wildman–Crippen LogP) is 3.97. The Labute approximate surface area is 141 Å². The molecule has 1 fully saturated rings. The molecule has 0 aromatic heterocycles. The van der Waals surface area contributed by atoms with Gasteiger partial charge < -0.3 is 10.4 Å². The molecule has 1 aliphatic carbocycles. The Morgan fingerprint density at radius 1 is 1.00 bits per heavy atom. The van der Waals surface area contributed by atoms with Gasteiger partial charge in [0, 0.05) is 12.1 Å². The lowest BCUT2D eigenvalue weighted by molar-refractivity contribution is 0.0697. The van der Waals surface area contributed by atoms with Crippen LogP contribution in [0.5, 0.6) is 0 Å². The first-order valence-corrected chi connectivity index (χ1v) is 8.20. The molecule has 0 aliphatic heterocycles. The van der Waals surface area contributed by atoms with Crippen molar-refractivity contribution in [1.82, 2.24) is 5.32 Å². The molecule has 0 spiro atoms. The molecule has 0 atom stereocenters. The monoisotopic (exact) mass is 323 g/mol. The zero-order chi connectivity index (χ0) is 17.2. The number of amides is 1. The van der Waals surface area contributed by atoms with Crippen molar-refractivity contribution >= 4 is 11.9 Å². The maximum atomic E-state index is 12.6. The highest BCUT2D eigenvalue weighted by Gasteiger charge is 2.36. The van der Waals surface area contributed by atoms with Gasteiger partial charge in [-0.25, -0.2) is 4.79 Å². The van der Waals surface area contributed by atoms with Crippen LogP contribution in [0.2, 0.25) is 0 Å². The first kappa shape index (κ1) is 16.2. The minimum atomic E-state index is -0.998. The molecule has 24 heavy (non-hydrogen) atoms. The van der Waals surface area contributed by atoms with E-state index < -0.39 is 5.97 Å². The summed E-state index contributed by atoms with van der Waals surface area (Å²) in [6, 6.07) is 13.9. The van der Waals surface area contributed by atoms with Gasteiger partial charge in [0.15, 0.2) is 0 Å². The minimum absolute atomic E-state index is 0.157. The fraction of sp³-hybridized carbons (Fsp3) is 0.300. The Morgan fingerprint density at radius 2 is 1.54 bits per heavy atom. The zero-order valence-corrected chi connectivity index (χ0v) is 13.7. The van der Waals surface area contributed by atoms with Crippen molar-refractivity contribution in [1.29, 1.82) is 0 Å². The quantitative estimate of drug-likeness (QED) is 0.845. The molecule has 4 nitrogen and oxygen atoms in total. The van der Waals surface area contributed by atoms with Gasteiger partial charge in [-0.3, -0.25) is 4.79 Å². The summed E-state index contributed by atoms with van der Waals surface area (Å²) >= 11 is 0. The van der Waals surface area contributed by atoms with Gasteiger partial charge in [-0.1, -0.05) is 43.3 Å². The van der Waals surface area contributed by atoms with Crippen LogP contribution in [0.3, 0.4) is 0 Å². The van der Waals surface area contributed by atoms with E-state index in [-0.39, 0.29) is 11.5 Å². The number of hydrogen-bond donors (Lipinski definition) is 2. The zero-order valence-electron chi connectivity index (χ0n) is 13.7. The Kier molecular flexibility index (Phi) is 4.38.